The van der Waals surface area contributed by atoms with Crippen LogP contribution in [0.15, 0.2) is 46.9 Å². The zero-order chi connectivity index (χ0) is 18.4. The van der Waals surface area contributed by atoms with Gasteiger partial charge in [0.2, 0.25) is 0 Å². The molecule has 1 aliphatic rings. The van der Waals surface area contributed by atoms with Crippen LogP contribution in [0.5, 0.6) is 5.95 Å². The van der Waals surface area contributed by atoms with Crippen LogP contribution in [0.3, 0.4) is 0 Å². The Hall–Kier alpha value is -2.27. The SMILES string of the molecule is CCOc1ccc(C(=O)N(CCc2ccccc2)C2CCN(C)CC2)o1. The van der Waals surface area contributed by atoms with Crippen molar-refractivity contribution in [1.82, 2.24) is 9.80 Å². The molecule has 1 aromatic carbocycles. The maximum Gasteiger partial charge on any atom is 0.289 e. The second-order valence-corrected chi connectivity index (χ2v) is 6.82. The maximum absolute atomic E-state index is 13.1. The van der Waals surface area contributed by atoms with E-state index in [9.17, 15) is 4.79 Å². The van der Waals surface area contributed by atoms with Crippen LogP contribution in [-0.4, -0.2) is 55.0 Å². The zero-order valence-corrected chi connectivity index (χ0v) is 15.7. The summed E-state index contributed by atoms with van der Waals surface area (Å²) in [4.78, 5) is 17.4. The number of benzene rings is 1. The Morgan fingerprint density at radius 3 is 2.62 bits per heavy atom. The number of carbonyl (C=O) groups excluding carboxylic acids is 1. The van der Waals surface area contributed by atoms with E-state index in [4.69, 9.17) is 9.15 Å². The van der Waals surface area contributed by atoms with Crippen LogP contribution >= 0.6 is 0 Å². The first-order chi connectivity index (χ1) is 12.7. The Bertz CT molecular complexity index is 690. The molecule has 2 aromatic rings. The number of piperidine rings is 1. The quantitative estimate of drug-likeness (QED) is 0.762. The smallest absolute Gasteiger partial charge is 0.289 e. The van der Waals surface area contributed by atoms with Crippen molar-refractivity contribution in [3.05, 3.63) is 53.8 Å². The third-order valence-corrected chi connectivity index (χ3v) is 4.95. The number of ether oxygens (including phenoxy) is 1. The Labute approximate surface area is 155 Å². The maximum atomic E-state index is 13.1. The minimum atomic E-state index is -0.0403. The molecule has 0 spiro atoms. The van der Waals surface area contributed by atoms with E-state index in [0.29, 0.717) is 24.9 Å². The zero-order valence-electron chi connectivity index (χ0n) is 15.7. The minimum Gasteiger partial charge on any atom is -0.465 e. The van der Waals surface area contributed by atoms with Crippen LogP contribution in [0.2, 0.25) is 0 Å². The molecule has 0 N–H and O–H groups in total. The van der Waals surface area contributed by atoms with Gasteiger partial charge >= 0.3 is 0 Å². The van der Waals surface area contributed by atoms with Gasteiger partial charge < -0.3 is 19.0 Å². The van der Waals surface area contributed by atoms with Crippen molar-refractivity contribution in [2.45, 2.75) is 32.2 Å². The molecule has 0 unspecified atom stereocenters. The van der Waals surface area contributed by atoms with E-state index in [1.807, 2.05) is 30.0 Å². The average Bonchev–Trinajstić information content (AvgIpc) is 3.13. The van der Waals surface area contributed by atoms with Crippen LogP contribution in [0.4, 0.5) is 0 Å². The summed E-state index contributed by atoms with van der Waals surface area (Å²) in [5.41, 5.74) is 1.24. The van der Waals surface area contributed by atoms with Gasteiger partial charge in [0.15, 0.2) is 5.76 Å². The summed E-state index contributed by atoms with van der Waals surface area (Å²) in [7, 11) is 2.13. The molecule has 5 heteroatoms. The molecular weight excluding hydrogens is 328 g/mol. The third kappa shape index (κ3) is 4.67. The second kappa shape index (κ2) is 8.90. The lowest BCUT2D eigenvalue weighted by molar-refractivity contribution is 0.0556. The molecule has 1 fully saturated rings. The van der Waals surface area contributed by atoms with Crippen LogP contribution in [0.1, 0.15) is 35.9 Å². The fraction of sp³-hybridized carbons (Fsp3) is 0.476. The summed E-state index contributed by atoms with van der Waals surface area (Å²) in [5, 5.41) is 0. The first-order valence-corrected chi connectivity index (χ1v) is 9.43. The molecule has 0 saturated carbocycles. The predicted octanol–water partition coefficient (Wildman–Crippen LogP) is 3.46. The molecule has 3 rings (SSSR count). The highest BCUT2D eigenvalue weighted by molar-refractivity contribution is 5.92. The molecule has 2 heterocycles. The van der Waals surface area contributed by atoms with Crippen LogP contribution in [0.25, 0.3) is 0 Å². The largest absolute Gasteiger partial charge is 0.465 e. The summed E-state index contributed by atoms with van der Waals surface area (Å²) < 4.78 is 11.0. The molecule has 0 bridgehead atoms. The minimum absolute atomic E-state index is 0.0403. The molecule has 1 amide bonds. The van der Waals surface area contributed by atoms with Crippen molar-refractivity contribution < 1.29 is 13.9 Å². The van der Waals surface area contributed by atoms with Gasteiger partial charge in [-0.25, -0.2) is 0 Å². The number of hydrogen-bond acceptors (Lipinski definition) is 4. The van der Waals surface area contributed by atoms with Crippen molar-refractivity contribution in [2.75, 3.05) is 33.3 Å². The van der Waals surface area contributed by atoms with Gasteiger partial charge in [0.25, 0.3) is 11.9 Å². The lowest BCUT2D eigenvalue weighted by Gasteiger charge is -2.37. The number of rotatable bonds is 7. The normalized spacial score (nSPS) is 15.8. The van der Waals surface area contributed by atoms with Gasteiger partial charge in [0.1, 0.15) is 0 Å². The molecule has 1 aromatic heterocycles. The highest BCUT2D eigenvalue weighted by Gasteiger charge is 2.29. The Balaban J connectivity index is 1.73. The lowest BCUT2D eigenvalue weighted by atomic mass is 10.0. The third-order valence-electron chi connectivity index (χ3n) is 4.95. The summed E-state index contributed by atoms with van der Waals surface area (Å²) in [5.74, 6) is 0.726. The Kier molecular flexibility index (Phi) is 6.34. The number of carbonyl (C=O) groups is 1. The number of amides is 1. The lowest BCUT2D eigenvalue weighted by Crippen LogP contribution is -2.47. The molecule has 0 radical (unpaired) electrons. The molecule has 0 atom stereocenters. The van der Waals surface area contributed by atoms with Gasteiger partial charge in [-0.15, -0.1) is 0 Å². The van der Waals surface area contributed by atoms with Crippen molar-refractivity contribution >= 4 is 5.91 Å². The number of likely N-dealkylation sites (tertiary alicyclic amines) is 1. The van der Waals surface area contributed by atoms with Crippen molar-refractivity contribution in [3.8, 4) is 5.95 Å². The highest BCUT2D eigenvalue weighted by Crippen LogP contribution is 2.22. The predicted molar refractivity (Wildman–Crippen MR) is 102 cm³/mol. The monoisotopic (exact) mass is 356 g/mol. The molecule has 140 valence electrons. The summed E-state index contributed by atoms with van der Waals surface area (Å²) in [6.07, 6.45) is 2.84. The van der Waals surface area contributed by atoms with E-state index in [-0.39, 0.29) is 11.9 Å². The second-order valence-electron chi connectivity index (χ2n) is 6.82. The summed E-state index contributed by atoms with van der Waals surface area (Å²) in [6, 6.07) is 14.0. The van der Waals surface area contributed by atoms with Gasteiger partial charge in [-0.2, -0.15) is 0 Å². The van der Waals surface area contributed by atoms with E-state index in [0.717, 1.165) is 32.4 Å². The van der Waals surface area contributed by atoms with Gasteiger partial charge in [0, 0.05) is 18.7 Å². The summed E-state index contributed by atoms with van der Waals surface area (Å²) >= 11 is 0. The first kappa shape index (κ1) is 18.5. The fourth-order valence-corrected chi connectivity index (χ4v) is 3.45. The Morgan fingerprint density at radius 1 is 1.19 bits per heavy atom. The molecule has 1 aliphatic heterocycles. The van der Waals surface area contributed by atoms with E-state index in [2.05, 4.69) is 24.1 Å². The van der Waals surface area contributed by atoms with E-state index < -0.39 is 0 Å². The number of nitrogens with zero attached hydrogens (tertiary/aromatic N) is 2. The number of hydrogen-bond donors (Lipinski definition) is 0. The molecule has 0 aliphatic carbocycles. The highest BCUT2D eigenvalue weighted by atomic mass is 16.6. The van der Waals surface area contributed by atoms with Gasteiger partial charge in [0.05, 0.1) is 6.61 Å². The van der Waals surface area contributed by atoms with Crippen LogP contribution in [0, 0.1) is 0 Å². The fourth-order valence-electron chi connectivity index (χ4n) is 3.45. The van der Waals surface area contributed by atoms with E-state index in [1.165, 1.54) is 5.56 Å². The number of furan rings is 1. The standard InChI is InChI=1S/C21H28N2O3/c1-3-25-20-10-9-19(26-20)21(24)23(18-12-14-22(2)15-13-18)16-11-17-7-5-4-6-8-17/h4-10,18H,3,11-16H2,1-2H3. The average molecular weight is 356 g/mol. The van der Waals surface area contributed by atoms with E-state index >= 15 is 0 Å². The van der Waals surface area contributed by atoms with Crippen molar-refractivity contribution in [1.29, 1.82) is 0 Å². The van der Waals surface area contributed by atoms with Crippen LogP contribution in [-0.2, 0) is 6.42 Å². The van der Waals surface area contributed by atoms with Gasteiger partial charge in [-0.3, -0.25) is 4.79 Å². The molecular formula is C21H28N2O3. The van der Waals surface area contributed by atoms with Crippen LogP contribution < -0.4 is 4.74 Å². The summed E-state index contributed by atoms with van der Waals surface area (Å²) in [6.45, 7) is 5.15. The molecule has 1 saturated heterocycles. The first-order valence-electron chi connectivity index (χ1n) is 9.43. The van der Waals surface area contributed by atoms with E-state index in [1.54, 1.807) is 12.1 Å². The topological polar surface area (TPSA) is 45.9 Å². The van der Waals surface area contributed by atoms with Gasteiger partial charge in [-0.05, 0) is 58.0 Å². The Morgan fingerprint density at radius 2 is 1.92 bits per heavy atom. The molecule has 5 nitrogen and oxygen atoms in total. The van der Waals surface area contributed by atoms with Crippen molar-refractivity contribution in [3.63, 3.8) is 0 Å². The van der Waals surface area contributed by atoms with Crippen molar-refractivity contribution in [2.24, 2.45) is 0 Å². The van der Waals surface area contributed by atoms with Gasteiger partial charge in [-0.1, -0.05) is 30.3 Å². The molecule has 26 heavy (non-hydrogen) atoms.